The van der Waals surface area contributed by atoms with Crippen molar-refractivity contribution in [2.75, 3.05) is 18.0 Å². The molecule has 43 heavy (non-hydrogen) atoms. The van der Waals surface area contributed by atoms with Crippen molar-refractivity contribution in [3.63, 3.8) is 0 Å². The average Bonchev–Trinajstić information content (AvgIpc) is 3.33. The zero-order valence-electron chi connectivity index (χ0n) is 24.5. The van der Waals surface area contributed by atoms with Gasteiger partial charge in [-0.2, -0.15) is 5.11 Å². The number of hydrogen-bond donors (Lipinski definition) is 5. The maximum absolute atomic E-state index is 10.8. The number of benzene rings is 1. The third-order valence-electron chi connectivity index (χ3n) is 5.55. The Bertz CT molecular complexity index is 1320. The Hall–Kier alpha value is -4.33. The van der Waals surface area contributed by atoms with Crippen LogP contribution in [0.5, 0.6) is 0 Å². The van der Waals surface area contributed by atoms with Gasteiger partial charge in [0.25, 0.3) is 0 Å². The van der Waals surface area contributed by atoms with E-state index in [1.807, 2.05) is 19.9 Å². The molecule has 2 atom stereocenters. The number of nitrogens with zero attached hydrogens (tertiary/aromatic N) is 5. The van der Waals surface area contributed by atoms with Crippen molar-refractivity contribution in [1.82, 2.24) is 4.37 Å². The number of aromatic nitrogens is 1. The fraction of sp³-hybridized carbons (Fsp3) is 0.393. The fourth-order valence-electron chi connectivity index (χ4n) is 3.26. The highest BCUT2D eigenvalue weighted by atomic mass is 32.1. The van der Waals surface area contributed by atoms with E-state index in [1.165, 1.54) is 23.6 Å². The largest absolute Gasteiger partial charge is 0.515 e. The van der Waals surface area contributed by atoms with E-state index in [1.54, 1.807) is 0 Å². The van der Waals surface area contributed by atoms with Crippen molar-refractivity contribution < 1.29 is 45.1 Å². The van der Waals surface area contributed by atoms with Crippen molar-refractivity contribution in [1.29, 1.82) is 0 Å². The SMILES string of the molecule is O=C(/C=C/O)OC(O)/C=C(/OO)C(O)/C=C/OO.[C-]#[N+]c1c(C)nsc1N=Nc1ccc(N(CC)CCC(C)C)cc1C. The number of aliphatic hydroxyl groups is 3. The molecule has 5 N–H and O–H groups in total. The van der Waals surface area contributed by atoms with Crippen molar-refractivity contribution in [2.45, 2.75) is 53.4 Å². The fourth-order valence-corrected chi connectivity index (χ4v) is 3.93. The summed E-state index contributed by atoms with van der Waals surface area (Å²) in [5, 5.41) is 52.2. The topological polar surface area (TPSA) is 191 Å². The summed E-state index contributed by atoms with van der Waals surface area (Å²) >= 11 is 1.21. The number of aryl methyl sites for hydroxylation is 2. The summed E-state index contributed by atoms with van der Waals surface area (Å²) < 4.78 is 8.44. The van der Waals surface area contributed by atoms with E-state index in [4.69, 9.17) is 22.2 Å². The number of azo groups is 1. The lowest BCUT2D eigenvalue weighted by molar-refractivity contribution is -0.216. The lowest BCUT2D eigenvalue weighted by Gasteiger charge is -2.24. The van der Waals surface area contributed by atoms with E-state index < -0.39 is 24.1 Å². The second-order valence-electron chi connectivity index (χ2n) is 9.15. The molecule has 2 unspecified atom stereocenters. The van der Waals surface area contributed by atoms with Crippen LogP contribution in [0.3, 0.4) is 0 Å². The molecule has 0 radical (unpaired) electrons. The Morgan fingerprint density at radius 3 is 2.51 bits per heavy atom. The maximum atomic E-state index is 10.8. The highest BCUT2D eigenvalue weighted by molar-refractivity contribution is 7.10. The van der Waals surface area contributed by atoms with E-state index in [9.17, 15) is 15.0 Å². The van der Waals surface area contributed by atoms with Crippen LogP contribution in [0.15, 0.2) is 64.9 Å². The van der Waals surface area contributed by atoms with Crippen molar-refractivity contribution in [3.8, 4) is 0 Å². The number of hydrogen-bond acceptors (Lipinski definition) is 14. The summed E-state index contributed by atoms with van der Waals surface area (Å²) in [6.07, 6.45) is 0.978. The first-order valence-corrected chi connectivity index (χ1v) is 13.8. The molecule has 0 saturated heterocycles. The molecule has 14 nitrogen and oxygen atoms in total. The summed E-state index contributed by atoms with van der Waals surface area (Å²) in [7, 11) is 0. The summed E-state index contributed by atoms with van der Waals surface area (Å²) in [5.74, 6) is -0.957. The molecule has 1 aromatic heterocycles. The van der Waals surface area contributed by atoms with Gasteiger partial charge in [-0.15, -0.1) is 5.11 Å². The van der Waals surface area contributed by atoms with Gasteiger partial charge in [-0.3, -0.25) is 0 Å². The normalized spacial score (nSPS) is 13.1. The van der Waals surface area contributed by atoms with Gasteiger partial charge in [0.15, 0.2) is 10.8 Å². The smallest absolute Gasteiger partial charge is 0.336 e. The van der Waals surface area contributed by atoms with Gasteiger partial charge in [0.05, 0.1) is 30.3 Å². The van der Waals surface area contributed by atoms with Gasteiger partial charge in [0, 0.05) is 24.9 Å². The predicted molar refractivity (Wildman–Crippen MR) is 160 cm³/mol. The molecular formula is C28H37N5O9S. The summed E-state index contributed by atoms with van der Waals surface area (Å²) in [4.78, 5) is 23.9. The summed E-state index contributed by atoms with van der Waals surface area (Å²) in [6, 6.07) is 6.25. The molecule has 0 amide bonds. The molecule has 0 bridgehead atoms. The molecule has 0 saturated carbocycles. The highest BCUT2D eigenvalue weighted by Crippen LogP contribution is 2.37. The van der Waals surface area contributed by atoms with Gasteiger partial charge in [-0.1, -0.05) is 13.8 Å². The number of rotatable bonds is 14. The molecule has 15 heteroatoms. The van der Waals surface area contributed by atoms with Gasteiger partial charge < -0.3 is 34.7 Å². The molecule has 0 aliphatic rings. The Morgan fingerprint density at radius 2 is 1.95 bits per heavy atom. The van der Waals surface area contributed by atoms with Crippen LogP contribution in [0.25, 0.3) is 4.85 Å². The minimum Gasteiger partial charge on any atom is -0.515 e. The third-order valence-corrected chi connectivity index (χ3v) is 6.36. The number of carbonyl (C=O) groups is 1. The lowest BCUT2D eigenvalue weighted by atomic mass is 10.1. The molecule has 0 fully saturated rings. The molecule has 0 aliphatic heterocycles. The van der Waals surface area contributed by atoms with Crippen LogP contribution in [0, 0.1) is 26.3 Å². The summed E-state index contributed by atoms with van der Waals surface area (Å²) in [6.45, 7) is 19.8. The molecule has 234 valence electrons. The Kier molecular flexibility index (Phi) is 16.8. The second-order valence-corrected chi connectivity index (χ2v) is 9.90. The molecule has 0 spiro atoms. The number of esters is 1. The number of carbonyl (C=O) groups excluding carboxylic acids is 1. The minimum absolute atomic E-state index is 0.401. The van der Waals surface area contributed by atoms with Crippen molar-refractivity contribution in [3.05, 3.63) is 77.4 Å². The van der Waals surface area contributed by atoms with E-state index in [-0.39, 0.29) is 0 Å². The maximum Gasteiger partial charge on any atom is 0.336 e. The van der Waals surface area contributed by atoms with Gasteiger partial charge in [-0.25, -0.2) is 24.5 Å². The Morgan fingerprint density at radius 1 is 1.23 bits per heavy atom. The van der Waals surface area contributed by atoms with Crippen LogP contribution in [-0.2, 0) is 19.3 Å². The zero-order valence-corrected chi connectivity index (χ0v) is 25.3. The van der Waals surface area contributed by atoms with Crippen LogP contribution in [-0.4, -0.2) is 61.7 Å². The van der Waals surface area contributed by atoms with Crippen LogP contribution in [0.2, 0.25) is 0 Å². The predicted octanol–water partition coefficient (Wildman–Crippen LogP) is 6.26. The molecule has 1 heterocycles. The first kappa shape index (κ1) is 36.7. The van der Waals surface area contributed by atoms with E-state index in [0.717, 1.165) is 30.4 Å². The molecule has 2 rings (SSSR count). The quantitative estimate of drug-likeness (QED) is 0.0234. The van der Waals surface area contributed by atoms with E-state index in [2.05, 4.69) is 71.8 Å². The molecular weight excluding hydrogens is 582 g/mol. The highest BCUT2D eigenvalue weighted by Gasteiger charge is 2.15. The van der Waals surface area contributed by atoms with E-state index in [0.29, 0.717) is 47.0 Å². The van der Waals surface area contributed by atoms with Crippen LogP contribution in [0.1, 0.15) is 38.4 Å². The minimum atomic E-state index is -1.84. The van der Waals surface area contributed by atoms with Gasteiger partial charge in [-0.05, 0) is 74.5 Å². The Labute approximate surface area is 254 Å². The number of ether oxygens (including phenoxy) is 1. The lowest BCUT2D eigenvalue weighted by Crippen LogP contribution is -2.24. The van der Waals surface area contributed by atoms with Crippen molar-refractivity contribution in [2.24, 2.45) is 16.1 Å². The van der Waals surface area contributed by atoms with Gasteiger partial charge in [0.2, 0.25) is 12.0 Å². The third kappa shape index (κ3) is 13.0. The van der Waals surface area contributed by atoms with Gasteiger partial charge >= 0.3 is 5.97 Å². The molecule has 0 aliphatic carbocycles. The average molecular weight is 620 g/mol. The number of aliphatic hydroxyl groups excluding tert-OH is 3. The zero-order chi connectivity index (χ0) is 32.4. The van der Waals surface area contributed by atoms with E-state index >= 15 is 0 Å². The Balaban J connectivity index is 0.000000457. The first-order chi connectivity index (χ1) is 20.5. The standard InChI is InChI=1S/C19H25N5S.C9H12O9/c1-7-24(11-10-13(2)3)16-8-9-17(14(4)12-16)21-22-19-18(20-6)15(5)23-25-19;10-3-1-8(12)17-9(13)5-7(18-15)6(11)2-4-16-14/h8-9,12-13H,7,10-11H2,1-5H3;1-6,9-11,13-15H/b;3-1+,4-2+,7-5+. The van der Waals surface area contributed by atoms with Crippen LogP contribution in [0.4, 0.5) is 22.1 Å². The van der Waals surface area contributed by atoms with Crippen LogP contribution >= 0.6 is 11.5 Å². The summed E-state index contributed by atoms with van der Waals surface area (Å²) in [5.41, 5.74) is 4.33. The molecule has 1 aromatic carbocycles. The van der Waals surface area contributed by atoms with Crippen LogP contribution < -0.4 is 4.90 Å². The molecule has 2 aromatic rings. The number of anilines is 1. The van der Waals surface area contributed by atoms with Crippen molar-refractivity contribution >= 4 is 39.6 Å². The monoisotopic (exact) mass is 619 g/mol. The second kappa shape index (κ2) is 19.7. The van der Waals surface area contributed by atoms with Gasteiger partial charge in [0.1, 0.15) is 12.4 Å². The first-order valence-electron chi connectivity index (χ1n) is 13.0.